The number of fused-ring (bicyclic) bond motifs is 3. The van der Waals surface area contributed by atoms with Crippen LogP contribution in [0.5, 0.6) is 34.9 Å². The molecular weight excluding hydrogens is 1210 g/mol. The lowest BCUT2D eigenvalue weighted by atomic mass is 10.0. The highest BCUT2D eigenvalue weighted by Crippen LogP contribution is 3.02. The average molecular weight is 1250 g/mol. The Morgan fingerprint density at radius 3 is 1.29 bits per heavy atom. The molecule has 6 aromatic heterocycles. The second-order valence-corrected chi connectivity index (χ2v) is 24.8. The molecule has 0 saturated heterocycles. The van der Waals surface area contributed by atoms with Crippen LogP contribution in [-0.2, 0) is 6.18 Å². The van der Waals surface area contributed by atoms with E-state index in [9.17, 15) is 52.0 Å². The van der Waals surface area contributed by atoms with Gasteiger partial charge in [0.25, 0.3) is 0 Å². The maximum absolute atomic E-state index is 13.6. The van der Waals surface area contributed by atoms with Gasteiger partial charge < -0.3 is 14.2 Å². The Morgan fingerprint density at radius 2 is 0.826 bits per heavy atom. The number of nitrogens with zero attached hydrogens (tertiary/aromatic N) is 6. The van der Waals surface area contributed by atoms with E-state index >= 15 is 0 Å². The maximum atomic E-state index is 13.6. The van der Waals surface area contributed by atoms with Crippen LogP contribution in [0.15, 0.2) is 229 Å². The van der Waals surface area contributed by atoms with E-state index in [0.29, 0.717) is 66.3 Å². The molecule has 0 fully saturated rings. The number of hydrogen-bond donors (Lipinski definition) is 0. The molecule has 0 radical (unpaired) electrons. The molecule has 6 heterocycles. The number of rotatable bonds is 13. The Hall–Kier alpha value is -9.52. The van der Waals surface area contributed by atoms with Gasteiger partial charge in [-0.3, -0.25) is 0 Å². The lowest BCUT2D eigenvalue weighted by molar-refractivity contribution is -0.594. The van der Waals surface area contributed by atoms with Crippen LogP contribution in [0.4, 0.5) is 52.0 Å². The topological polar surface area (TPSA) is 87.0 Å². The molecule has 0 saturated carbocycles. The molecular formula is C61H36ClF13N6O3S2+2. The lowest BCUT2D eigenvalue weighted by Crippen LogP contribution is -2.29. The van der Waals surface area contributed by atoms with E-state index < -0.39 is 42.0 Å². The largest absolute Gasteiger partial charge is 0.438 e. The van der Waals surface area contributed by atoms with Crippen molar-refractivity contribution in [2.24, 2.45) is 0 Å². The highest BCUT2D eigenvalue weighted by Gasteiger charge is 2.66. The molecule has 436 valence electrons. The minimum Gasteiger partial charge on any atom is -0.438 e. The van der Waals surface area contributed by atoms with E-state index in [0.717, 1.165) is 47.2 Å². The highest BCUT2D eigenvalue weighted by atomic mass is 35.5. The number of aromatic nitrogens is 6. The van der Waals surface area contributed by atoms with Crippen molar-refractivity contribution in [3.05, 3.63) is 230 Å². The van der Waals surface area contributed by atoms with Gasteiger partial charge in [-0.15, -0.1) is 0 Å². The predicted molar refractivity (Wildman–Crippen MR) is 302 cm³/mol. The van der Waals surface area contributed by atoms with Gasteiger partial charge in [0.1, 0.15) is 44.6 Å². The molecule has 0 spiro atoms. The summed E-state index contributed by atoms with van der Waals surface area (Å²) in [6.07, 6.45) is 8.33. The molecule has 0 atom stereocenters. The highest BCUT2D eigenvalue weighted by molar-refractivity contribution is 8.46. The van der Waals surface area contributed by atoms with Crippen molar-refractivity contribution in [1.82, 2.24) is 19.9 Å². The zero-order chi connectivity index (χ0) is 60.7. The van der Waals surface area contributed by atoms with Gasteiger partial charge in [-0.25, -0.2) is 19.9 Å². The van der Waals surface area contributed by atoms with Crippen LogP contribution in [0, 0.1) is 0 Å². The van der Waals surface area contributed by atoms with Crippen molar-refractivity contribution >= 4 is 64.4 Å². The van der Waals surface area contributed by atoms with Crippen molar-refractivity contribution < 1.29 is 75.4 Å². The van der Waals surface area contributed by atoms with Gasteiger partial charge in [-0.05, 0) is 142 Å². The summed E-state index contributed by atoms with van der Waals surface area (Å²) < 4.78 is 198. The van der Waals surface area contributed by atoms with E-state index in [4.69, 9.17) is 25.8 Å². The first kappa shape index (κ1) is 56.9. The summed E-state index contributed by atoms with van der Waals surface area (Å²) in [5.74, 6) is -0.422. The predicted octanol–water partition coefficient (Wildman–Crippen LogP) is 20.6. The van der Waals surface area contributed by atoms with Gasteiger partial charge in [0.05, 0.1) is 16.7 Å². The molecule has 6 aromatic carbocycles. The molecule has 0 aliphatic rings. The second-order valence-electron chi connectivity index (χ2n) is 19.6. The number of hydrogen-bond acceptors (Lipinski definition) is 7. The van der Waals surface area contributed by atoms with Crippen LogP contribution in [-0.4, -0.2) is 19.9 Å². The first-order valence-electron chi connectivity index (χ1n) is 25.1. The Kier molecular flexibility index (Phi) is 12.7. The SMILES string of the molecule is FC(F)(F)c1ccc(Oc2ncc(-[n+]3ccc4ccc(-c5cccnc5Oc5ccc(S(F)(F)(F)(F)F)cc5)cc4c3)cc2-c2ccc3cc[n+](-c4cnc(Oc5ccc(S(F)(F)(F)(F)F)cc5)c(-c5ccc6c(Cl)nccc6c5)c4)cc3c2)cc1. The normalized spacial score (nSPS) is 13.8. The van der Waals surface area contributed by atoms with Crippen LogP contribution in [0.1, 0.15) is 5.56 Å². The van der Waals surface area contributed by atoms with Gasteiger partial charge >= 0.3 is 26.6 Å². The number of halogens is 14. The minimum atomic E-state index is -10.00. The van der Waals surface area contributed by atoms with E-state index in [-0.39, 0.29) is 64.3 Å². The van der Waals surface area contributed by atoms with Crippen molar-refractivity contribution in [1.29, 1.82) is 0 Å². The molecule has 0 unspecified atom stereocenters. The smallest absolute Gasteiger partial charge is 0.416 e. The Bertz CT molecular complexity index is 4710. The summed E-state index contributed by atoms with van der Waals surface area (Å²) in [6.45, 7) is 0. The molecule has 12 rings (SSSR count). The molecule has 25 heteroatoms. The third kappa shape index (κ3) is 12.1. The third-order valence-electron chi connectivity index (χ3n) is 13.6. The molecule has 0 amide bonds. The standard InChI is InChI=1S/C61H36ClF13N6O3S2/c62-57-53-20-7-41(28-42(53)21-25-76-57)56-32-47(34-79-60(56)84-50-14-18-52(19-15-50)86(71,72,73,74)75)81-27-23-38-4-6-40(30-44(38)36-81)55-31-46(33-78-59(55)83-48-10-8-45(9-11-48)61(63,64)65)80-26-22-37-3-5-39(29-43(37)35-80)54-2-1-24-77-58(54)82-49-12-16-51(17-13-49)85(66,67,68,69)70/h1-36H/q+2. The fourth-order valence-electron chi connectivity index (χ4n) is 9.36. The van der Waals surface area contributed by atoms with E-state index in [1.54, 1.807) is 94.6 Å². The zero-order valence-corrected chi connectivity index (χ0v) is 45.7. The first-order chi connectivity index (χ1) is 40.3. The molecule has 0 bridgehead atoms. The quantitative estimate of drug-likeness (QED) is 0.0646. The zero-order valence-electron chi connectivity index (χ0n) is 43.3. The maximum Gasteiger partial charge on any atom is 0.416 e. The van der Waals surface area contributed by atoms with Crippen LogP contribution < -0.4 is 23.3 Å². The summed E-state index contributed by atoms with van der Waals surface area (Å²) in [4.78, 5) is 13.5. The van der Waals surface area contributed by atoms with Crippen LogP contribution in [0.3, 0.4) is 0 Å². The fraction of sp³-hybridized carbons (Fsp3) is 0.0164. The van der Waals surface area contributed by atoms with Gasteiger partial charge in [0.15, 0.2) is 24.8 Å². The molecule has 12 aromatic rings. The van der Waals surface area contributed by atoms with Gasteiger partial charge in [-0.1, -0.05) is 86.9 Å². The summed E-state index contributed by atoms with van der Waals surface area (Å²) in [5, 5.41) is 4.39. The van der Waals surface area contributed by atoms with Crippen LogP contribution in [0.2, 0.25) is 5.15 Å². The Balaban J connectivity index is 0.912. The second kappa shape index (κ2) is 19.3. The number of pyridine rings is 6. The number of benzene rings is 6. The molecule has 86 heavy (non-hydrogen) atoms. The number of ether oxygens (including phenoxy) is 3. The van der Waals surface area contributed by atoms with Crippen LogP contribution >= 0.6 is 32.0 Å². The molecule has 9 nitrogen and oxygen atoms in total. The van der Waals surface area contributed by atoms with E-state index in [1.165, 1.54) is 36.9 Å². The summed E-state index contributed by atoms with van der Waals surface area (Å²) >= 11 is 6.38. The average Bonchev–Trinajstić information content (AvgIpc) is 1.04. The van der Waals surface area contributed by atoms with Crippen molar-refractivity contribution in [3.8, 4) is 79.6 Å². The molecule has 0 aliphatic heterocycles. The fourth-order valence-corrected chi connectivity index (χ4v) is 10.9. The van der Waals surface area contributed by atoms with Crippen molar-refractivity contribution in [2.45, 2.75) is 16.0 Å². The number of alkyl halides is 3. The van der Waals surface area contributed by atoms with Gasteiger partial charge in [-0.2, -0.15) is 22.3 Å². The summed E-state index contributed by atoms with van der Waals surface area (Å²) in [7, 11) is -19.9. The molecule has 0 N–H and O–H groups in total. The van der Waals surface area contributed by atoms with Crippen molar-refractivity contribution in [3.63, 3.8) is 0 Å². The van der Waals surface area contributed by atoms with Gasteiger partial charge in [0, 0.05) is 58.4 Å². The van der Waals surface area contributed by atoms with Gasteiger partial charge in [0.2, 0.25) is 29.0 Å². The first-order valence-corrected chi connectivity index (χ1v) is 29.4. The monoisotopic (exact) mass is 1250 g/mol. The summed E-state index contributed by atoms with van der Waals surface area (Å²) in [6, 6.07) is 36.3. The minimum absolute atomic E-state index is 0.0211. The Labute approximate surface area is 483 Å². The van der Waals surface area contributed by atoms with E-state index in [2.05, 4.69) is 19.9 Å². The Morgan fingerprint density at radius 1 is 0.395 bits per heavy atom. The lowest BCUT2D eigenvalue weighted by Gasteiger charge is -2.40. The summed E-state index contributed by atoms with van der Waals surface area (Å²) in [5.41, 5.74) is 2.88. The molecule has 0 aliphatic carbocycles. The van der Waals surface area contributed by atoms with E-state index in [1.807, 2.05) is 36.4 Å². The van der Waals surface area contributed by atoms with Crippen molar-refractivity contribution in [2.75, 3.05) is 0 Å². The third-order valence-corrected chi connectivity index (χ3v) is 16.2. The van der Waals surface area contributed by atoms with Crippen LogP contribution in [0.25, 0.3) is 77.1 Å².